The lowest BCUT2D eigenvalue weighted by atomic mass is 9.94. The Balaban J connectivity index is 0.000000197. The van der Waals surface area contributed by atoms with Gasteiger partial charge in [0.1, 0.15) is 13.1 Å². The first-order valence-electron chi connectivity index (χ1n) is 23.2. The minimum Gasteiger partial charge on any atom is -0.480 e. The Morgan fingerprint density at radius 2 is 1.18 bits per heavy atom. The third-order valence-corrected chi connectivity index (χ3v) is 14.9. The first kappa shape index (κ1) is 55.5. The van der Waals surface area contributed by atoms with Crippen molar-refractivity contribution in [3.05, 3.63) is 127 Å². The molecule has 10 rings (SSSR count). The van der Waals surface area contributed by atoms with Crippen molar-refractivity contribution in [2.24, 2.45) is 0 Å². The van der Waals surface area contributed by atoms with Gasteiger partial charge < -0.3 is 46.1 Å². The molecular formula is C52H60Br2N8O11. The van der Waals surface area contributed by atoms with Crippen molar-refractivity contribution < 1.29 is 52.9 Å². The molecule has 6 N–H and O–H groups in total. The number of urea groups is 2. The second kappa shape index (κ2) is 23.4. The standard InChI is InChI=1S/C25H25BrN4O5.C15H15N3O6.C10H12BrN.2CH4/c1-27-23(33)28-16-8-9-18-15(13-16)10-11-25(18)22(32)30(24(34)35-25)14-21(31)29-12-4-7-20(29)17-5-2-3-6-19(17)26;1-16-13(22)17-9-2-3-10-8(6-9)4-5-15(10)12(21)18(7-11(19)20)14(23)24-15;11-9-5-2-1-4-8(9)10-6-3-7-12-10;;/h2-3,5-6,8-9,13,20H,4,7,10-12,14H2,1H3,(H2,27,28,33);2-3,6H,4-5,7H2,1H3,(H,19,20)(H2,16,17,22);1-2,4-5,10,12H,3,6-7H2;2*1H4/t20?,25-;15-;;;/m11.../s1. The molecule has 4 saturated heterocycles. The fourth-order valence-corrected chi connectivity index (χ4v) is 11.2. The molecule has 19 nitrogen and oxygen atoms in total. The summed E-state index contributed by atoms with van der Waals surface area (Å²) in [6.07, 6.45) is 3.99. The van der Waals surface area contributed by atoms with Crippen LogP contribution in [0.1, 0.15) is 98.8 Å². The lowest BCUT2D eigenvalue weighted by Crippen LogP contribution is -2.44. The van der Waals surface area contributed by atoms with Gasteiger partial charge in [-0.25, -0.2) is 29.0 Å². The molecule has 21 heteroatoms. The summed E-state index contributed by atoms with van der Waals surface area (Å²) in [6, 6.07) is 26.0. The lowest BCUT2D eigenvalue weighted by molar-refractivity contribution is -0.144. The highest BCUT2D eigenvalue weighted by molar-refractivity contribution is 9.10. The van der Waals surface area contributed by atoms with Gasteiger partial charge in [-0.3, -0.25) is 19.2 Å². The van der Waals surface area contributed by atoms with E-state index in [-0.39, 0.29) is 51.8 Å². The number of carbonyl (C=O) groups is 8. The average Bonchev–Trinajstić information content (AvgIpc) is 4.24. The van der Waals surface area contributed by atoms with E-state index in [1.54, 1.807) is 41.3 Å². The Kier molecular flexibility index (Phi) is 17.8. The van der Waals surface area contributed by atoms with E-state index in [2.05, 4.69) is 82.7 Å². The molecule has 9 amide bonds. The van der Waals surface area contributed by atoms with Crippen molar-refractivity contribution in [1.82, 2.24) is 30.7 Å². The van der Waals surface area contributed by atoms with Gasteiger partial charge in [-0.2, -0.15) is 0 Å². The smallest absolute Gasteiger partial charge is 0.418 e. The maximum Gasteiger partial charge on any atom is 0.418 e. The lowest BCUT2D eigenvalue weighted by Gasteiger charge is -2.27. The van der Waals surface area contributed by atoms with Crippen LogP contribution in [-0.4, -0.2) is 108 Å². The van der Waals surface area contributed by atoms with E-state index in [1.807, 2.05) is 24.3 Å². The predicted molar refractivity (Wildman–Crippen MR) is 278 cm³/mol. The van der Waals surface area contributed by atoms with Gasteiger partial charge in [0, 0.05) is 71.0 Å². The first-order valence-corrected chi connectivity index (χ1v) is 24.8. The van der Waals surface area contributed by atoms with Crippen LogP contribution in [-0.2, 0) is 52.7 Å². The van der Waals surface area contributed by atoms with Gasteiger partial charge in [0.15, 0.2) is 0 Å². The SMILES string of the molecule is Brc1ccccc1C1CCCN1.C.C.CNC(=O)Nc1ccc2c(c1)CC[C@@]21OC(=O)N(CC(=O)N2CCCC2c2ccccc2Br)C1=O.CNC(=O)Nc1ccc2c(c1)CC[C@@]21OC(=O)N(CC(=O)O)C1=O. The van der Waals surface area contributed by atoms with E-state index in [0.717, 1.165) is 45.4 Å². The van der Waals surface area contributed by atoms with E-state index >= 15 is 0 Å². The van der Waals surface area contributed by atoms with Crippen LogP contribution in [0.4, 0.5) is 30.6 Å². The van der Waals surface area contributed by atoms with E-state index in [9.17, 15) is 38.4 Å². The normalized spacial score (nSPS) is 21.9. The fourth-order valence-electron chi connectivity index (χ4n) is 10.1. The topological polar surface area (TPSA) is 245 Å². The predicted octanol–water partition coefficient (Wildman–Crippen LogP) is 8.47. The summed E-state index contributed by atoms with van der Waals surface area (Å²) in [5.74, 6) is -2.76. The Labute approximate surface area is 440 Å². The van der Waals surface area contributed by atoms with E-state index in [1.165, 1.54) is 37.0 Å². The van der Waals surface area contributed by atoms with Crippen molar-refractivity contribution in [3.63, 3.8) is 0 Å². The van der Waals surface area contributed by atoms with Gasteiger partial charge in [-0.1, -0.05) is 95.2 Å². The minimum atomic E-state index is -1.46. The summed E-state index contributed by atoms with van der Waals surface area (Å²) < 4.78 is 13.1. The highest BCUT2D eigenvalue weighted by Gasteiger charge is 2.60. The quantitative estimate of drug-likeness (QED) is 0.0973. The van der Waals surface area contributed by atoms with Crippen molar-refractivity contribution in [1.29, 1.82) is 0 Å². The molecule has 4 aromatic carbocycles. The van der Waals surface area contributed by atoms with Crippen LogP contribution < -0.4 is 26.6 Å². The molecule has 4 heterocycles. The number of likely N-dealkylation sites (tertiary alicyclic amines) is 1. The number of carbonyl (C=O) groups excluding carboxylic acids is 7. The summed E-state index contributed by atoms with van der Waals surface area (Å²) in [6.45, 7) is 0.639. The Bertz CT molecular complexity index is 2810. The Morgan fingerprint density at radius 1 is 0.685 bits per heavy atom. The molecule has 0 saturated carbocycles. The third-order valence-electron chi connectivity index (χ3n) is 13.5. The fraction of sp³-hybridized carbons (Fsp3) is 0.385. The number of hydrogen-bond acceptors (Lipinski definition) is 11. The number of amides is 9. The number of aryl methyl sites for hydroxylation is 2. The number of hydrogen-bond donors (Lipinski definition) is 6. The number of rotatable bonds is 8. The van der Waals surface area contributed by atoms with Crippen molar-refractivity contribution in [2.45, 2.75) is 89.5 Å². The maximum atomic E-state index is 13.5. The number of ether oxygens (including phenoxy) is 2. The second-order valence-electron chi connectivity index (χ2n) is 17.7. The Morgan fingerprint density at radius 3 is 1.64 bits per heavy atom. The second-order valence-corrected chi connectivity index (χ2v) is 19.4. The van der Waals surface area contributed by atoms with Crippen molar-refractivity contribution >= 4 is 91.2 Å². The maximum absolute atomic E-state index is 13.5. The van der Waals surface area contributed by atoms with Crippen LogP contribution in [0.2, 0.25) is 0 Å². The molecular weight excluding hydrogens is 1070 g/mol. The van der Waals surface area contributed by atoms with Gasteiger partial charge in [0.2, 0.25) is 17.1 Å². The molecule has 4 aliphatic heterocycles. The van der Waals surface area contributed by atoms with Crippen LogP contribution in [0.5, 0.6) is 0 Å². The number of anilines is 2. The molecule has 73 heavy (non-hydrogen) atoms. The minimum absolute atomic E-state index is 0. The van der Waals surface area contributed by atoms with E-state index in [0.29, 0.717) is 59.3 Å². The Hall–Kier alpha value is -6.84. The number of carboxylic acids is 1. The molecule has 0 bridgehead atoms. The monoisotopic (exact) mass is 1130 g/mol. The van der Waals surface area contributed by atoms with Gasteiger partial charge in [0.05, 0.1) is 6.04 Å². The molecule has 2 spiro atoms. The largest absolute Gasteiger partial charge is 0.480 e. The summed E-state index contributed by atoms with van der Waals surface area (Å²) in [5.41, 5.74) is 3.35. The number of carboxylic acid groups (broad SMARTS) is 1. The number of nitrogens with one attached hydrogen (secondary N) is 5. The number of fused-ring (bicyclic) bond motifs is 4. The molecule has 0 aromatic heterocycles. The van der Waals surface area contributed by atoms with Gasteiger partial charge >= 0.3 is 30.2 Å². The number of nitrogens with zero attached hydrogens (tertiary/aromatic N) is 3. The highest BCUT2D eigenvalue weighted by Crippen LogP contribution is 2.48. The molecule has 6 aliphatic rings. The van der Waals surface area contributed by atoms with E-state index in [4.69, 9.17) is 14.6 Å². The van der Waals surface area contributed by atoms with E-state index < -0.39 is 47.7 Å². The molecule has 388 valence electrons. The van der Waals surface area contributed by atoms with Crippen LogP contribution in [0, 0.1) is 0 Å². The molecule has 4 atom stereocenters. The molecule has 4 aromatic rings. The van der Waals surface area contributed by atoms with Gasteiger partial charge in [-0.15, -0.1) is 0 Å². The third kappa shape index (κ3) is 11.2. The van der Waals surface area contributed by atoms with Crippen LogP contribution >= 0.6 is 31.9 Å². The zero-order valence-electron chi connectivity index (χ0n) is 38.9. The summed E-state index contributed by atoms with van der Waals surface area (Å²) >= 11 is 7.13. The molecule has 2 unspecified atom stereocenters. The molecule has 0 radical (unpaired) electrons. The highest BCUT2D eigenvalue weighted by atomic mass is 79.9. The van der Waals surface area contributed by atoms with Crippen LogP contribution in [0.25, 0.3) is 0 Å². The molecule has 2 aliphatic carbocycles. The van der Waals surface area contributed by atoms with Crippen molar-refractivity contribution in [2.75, 3.05) is 50.9 Å². The zero-order chi connectivity index (χ0) is 50.6. The van der Waals surface area contributed by atoms with Crippen molar-refractivity contribution in [3.8, 4) is 0 Å². The number of aliphatic carboxylic acids is 1. The van der Waals surface area contributed by atoms with Crippen LogP contribution in [0.3, 0.4) is 0 Å². The van der Waals surface area contributed by atoms with Gasteiger partial charge in [-0.05, 0) is 104 Å². The average molecular weight is 1130 g/mol. The summed E-state index contributed by atoms with van der Waals surface area (Å²) in [4.78, 5) is 101. The number of benzene rings is 4. The number of imide groups is 2. The molecule has 4 fully saturated rings. The van der Waals surface area contributed by atoms with Gasteiger partial charge in [0.25, 0.3) is 11.8 Å². The first-order chi connectivity index (χ1) is 34.1. The summed E-state index contributed by atoms with van der Waals surface area (Å²) in [7, 11) is 3.01. The zero-order valence-corrected chi connectivity index (χ0v) is 42.0. The summed E-state index contributed by atoms with van der Waals surface area (Å²) in [5, 5.41) is 22.6. The number of halogens is 2. The van der Waals surface area contributed by atoms with Crippen LogP contribution in [0.15, 0.2) is 93.9 Å².